The molecule has 4 rings (SSSR count). The summed E-state index contributed by atoms with van der Waals surface area (Å²) in [5, 5.41) is 14.3. The highest BCUT2D eigenvalue weighted by molar-refractivity contribution is 6.01. The fraction of sp³-hybridized carbons (Fsp3) is 0. The highest BCUT2D eigenvalue weighted by Gasteiger charge is 2.18. The van der Waals surface area contributed by atoms with Crippen LogP contribution in [-0.4, -0.2) is 16.2 Å². The molecule has 1 heterocycles. The van der Waals surface area contributed by atoms with E-state index in [0.29, 0.717) is 16.8 Å². The van der Waals surface area contributed by atoms with E-state index in [2.05, 4.69) is 5.16 Å². The third-order valence-electron chi connectivity index (χ3n) is 3.99. The highest BCUT2D eigenvalue weighted by Crippen LogP contribution is 2.33. The SMILES string of the molecule is O=C(O)c1ccccc1-c1onc2ccc(-c3ccccc3)cc12. The summed E-state index contributed by atoms with van der Waals surface area (Å²) in [5.41, 5.74) is 3.53. The molecule has 0 fully saturated rings. The summed E-state index contributed by atoms with van der Waals surface area (Å²) < 4.78 is 5.47. The van der Waals surface area contributed by atoms with Crippen LogP contribution in [-0.2, 0) is 0 Å². The Bertz CT molecular complexity index is 1040. The Kier molecular flexibility index (Phi) is 3.35. The summed E-state index contributed by atoms with van der Waals surface area (Å²) in [6.45, 7) is 0. The van der Waals surface area contributed by atoms with Gasteiger partial charge < -0.3 is 9.63 Å². The standard InChI is InChI=1S/C20H13NO3/c22-20(23)16-9-5-4-8-15(16)19-17-12-14(10-11-18(17)21-24-19)13-6-2-1-3-7-13/h1-12H,(H,22,23). The van der Waals surface area contributed by atoms with Gasteiger partial charge >= 0.3 is 5.97 Å². The second kappa shape index (κ2) is 5.66. The lowest BCUT2D eigenvalue weighted by Crippen LogP contribution is -1.98. The molecular weight excluding hydrogens is 302 g/mol. The number of rotatable bonds is 3. The number of fused-ring (bicyclic) bond motifs is 1. The van der Waals surface area contributed by atoms with E-state index in [9.17, 15) is 9.90 Å². The molecule has 3 aromatic carbocycles. The van der Waals surface area contributed by atoms with Crippen molar-refractivity contribution in [2.24, 2.45) is 0 Å². The Balaban J connectivity index is 1.93. The van der Waals surface area contributed by atoms with Gasteiger partial charge in [-0.3, -0.25) is 0 Å². The van der Waals surface area contributed by atoms with Crippen LogP contribution in [0.2, 0.25) is 0 Å². The van der Waals surface area contributed by atoms with Gasteiger partial charge in [-0.25, -0.2) is 4.79 Å². The number of hydrogen-bond donors (Lipinski definition) is 1. The summed E-state index contributed by atoms with van der Waals surface area (Å²) in [7, 11) is 0. The molecule has 0 unspecified atom stereocenters. The minimum atomic E-state index is -0.991. The zero-order chi connectivity index (χ0) is 16.5. The van der Waals surface area contributed by atoms with Crippen molar-refractivity contribution in [2.45, 2.75) is 0 Å². The predicted molar refractivity (Wildman–Crippen MR) is 91.8 cm³/mol. The Morgan fingerprint density at radius 3 is 2.42 bits per heavy atom. The Morgan fingerprint density at radius 2 is 1.62 bits per heavy atom. The van der Waals surface area contributed by atoms with Crippen LogP contribution >= 0.6 is 0 Å². The molecule has 0 atom stereocenters. The molecule has 0 bridgehead atoms. The van der Waals surface area contributed by atoms with Gasteiger partial charge in [-0.1, -0.05) is 59.8 Å². The van der Waals surface area contributed by atoms with E-state index in [0.717, 1.165) is 16.5 Å². The maximum atomic E-state index is 11.5. The largest absolute Gasteiger partial charge is 0.478 e. The Labute approximate surface area is 138 Å². The average Bonchev–Trinajstić information content (AvgIpc) is 3.05. The number of aromatic nitrogens is 1. The molecule has 116 valence electrons. The van der Waals surface area contributed by atoms with Crippen molar-refractivity contribution in [3.8, 4) is 22.5 Å². The smallest absolute Gasteiger partial charge is 0.336 e. The summed E-state index contributed by atoms with van der Waals surface area (Å²) in [6.07, 6.45) is 0. The summed E-state index contributed by atoms with van der Waals surface area (Å²) >= 11 is 0. The van der Waals surface area contributed by atoms with Crippen LogP contribution < -0.4 is 0 Å². The van der Waals surface area contributed by atoms with Crippen molar-refractivity contribution >= 4 is 16.9 Å². The first-order chi connectivity index (χ1) is 11.7. The normalized spacial score (nSPS) is 10.8. The fourth-order valence-corrected chi connectivity index (χ4v) is 2.81. The summed E-state index contributed by atoms with van der Waals surface area (Å²) in [4.78, 5) is 11.5. The van der Waals surface area contributed by atoms with Crippen LogP contribution in [0.4, 0.5) is 0 Å². The van der Waals surface area contributed by atoms with E-state index < -0.39 is 5.97 Å². The van der Waals surface area contributed by atoms with Crippen molar-refractivity contribution in [2.75, 3.05) is 0 Å². The maximum absolute atomic E-state index is 11.5. The lowest BCUT2D eigenvalue weighted by Gasteiger charge is -2.04. The number of carboxylic acids is 1. The van der Waals surface area contributed by atoms with Crippen molar-refractivity contribution in [1.82, 2.24) is 5.16 Å². The molecule has 4 nitrogen and oxygen atoms in total. The van der Waals surface area contributed by atoms with Crippen molar-refractivity contribution in [3.63, 3.8) is 0 Å². The van der Waals surface area contributed by atoms with Crippen molar-refractivity contribution in [1.29, 1.82) is 0 Å². The van der Waals surface area contributed by atoms with E-state index in [-0.39, 0.29) is 5.56 Å². The zero-order valence-corrected chi connectivity index (χ0v) is 12.6. The topological polar surface area (TPSA) is 63.3 Å². The molecule has 4 heteroatoms. The van der Waals surface area contributed by atoms with E-state index in [1.165, 1.54) is 0 Å². The molecule has 24 heavy (non-hydrogen) atoms. The molecule has 0 spiro atoms. The quantitative estimate of drug-likeness (QED) is 0.586. The fourth-order valence-electron chi connectivity index (χ4n) is 2.81. The van der Waals surface area contributed by atoms with Crippen LogP contribution in [0.5, 0.6) is 0 Å². The van der Waals surface area contributed by atoms with Gasteiger partial charge in [-0.15, -0.1) is 0 Å². The molecule has 0 aliphatic carbocycles. The van der Waals surface area contributed by atoms with Crippen LogP contribution in [0, 0.1) is 0 Å². The number of nitrogens with zero attached hydrogens (tertiary/aromatic N) is 1. The molecule has 0 radical (unpaired) electrons. The molecule has 0 saturated carbocycles. The van der Waals surface area contributed by atoms with Gasteiger partial charge in [0.05, 0.1) is 10.9 Å². The minimum Gasteiger partial charge on any atom is -0.478 e. The van der Waals surface area contributed by atoms with Crippen molar-refractivity contribution < 1.29 is 14.4 Å². The molecule has 0 saturated heterocycles. The van der Waals surface area contributed by atoms with Crippen molar-refractivity contribution in [3.05, 3.63) is 78.4 Å². The molecule has 1 N–H and O–H groups in total. The number of carbonyl (C=O) groups is 1. The van der Waals surface area contributed by atoms with Gasteiger partial charge in [0.15, 0.2) is 5.76 Å². The Morgan fingerprint density at radius 1 is 0.875 bits per heavy atom. The van der Waals surface area contributed by atoms with E-state index >= 15 is 0 Å². The van der Waals surface area contributed by atoms with E-state index in [1.54, 1.807) is 24.3 Å². The Hall–Kier alpha value is -3.40. The van der Waals surface area contributed by atoms with Gasteiger partial charge in [-0.2, -0.15) is 0 Å². The van der Waals surface area contributed by atoms with E-state index in [1.807, 2.05) is 48.5 Å². The second-order valence-electron chi connectivity index (χ2n) is 5.46. The van der Waals surface area contributed by atoms with E-state index in [4.69, 9.17) is 4.52 Å². The molecule has 0 amide bonds. The molecule has 0 aliphatic heterocycles. The van der Waals surface area contributed by atoms with Gasteiger partial charge in [0.2, 0.25) is 0 Å². The lowest BCUT2D eigenvalue weighted by molar-refractivity contribution is 0.0697. The summed E-state index contributed by atoms with van der Waals surface area (Å²) in [5.74, 6) is -0.518. The molecule has 0 aliphatic rings. The number of aromatic carboxylic acids is 1. The number of benzene rings is 3. The third kappa shape index (κ3) is 2.34. The van der Waals surface area contributed by atoms with Gasteiger partial charge in [0.25, 0.3) is 0 Å². The van der Waals surface area contributed by atoms with Crippen LogP contribution in [0.1, 0.15) is 10.4 Å². The molecule has 1 aromatic heterocycles. The average molecular weight is 315 g/mol. The lowest BCUT2D eigenvalue weighted by atomic mass is 9.99. The number of carboxylic acid groups (broad SMARTS) is 1. The van der Waals surface area contributed by atoms with Crippen LogP contribution in [0.15, 0.2) is 77.3 Å². The highest BCUT2D eigenvalue weighted by atomic mass is 16.5. The first-order valence-corrected chi connectivity index (χ1v) is 7.51. The van der Waals surface area contributed by atoms with Crippen LogP contribution in [0.3, 0.4) is 0 Å². The molecular formula is C20H13NO3. The van der Waals surface area contributed by atoms with Gasteiger partial charge in [-0.05, 0) is 29.3 Å². The van der Waals surface area contributed by atoms with Gasteiger partial charge in [0, 0.05) is 5.56 Å². The number of hydrogen-bond acceptors (Lipinski definition) is 3. The first kappa shape index (κ1) is 14.2. The maximum Gasteiger partial charge on any atom is 0.336 e. The van der Waals surface area contributed by atoms with Gasteiger partial charge in [0.1, 0.15) is 5.52 Å². The van der Waals surface area contributed by atoms with Crippen LogP contribution in [0.25, 0.3) is 33.4 Å². The monoisotopic (exact) mass is 315 g/mol. The third-order valence-corrected chi connectivity index (χ3v) is 3.99. The predicted octanol–water partition coefficient (Wildman–Crippen LogP) is 4.86. The minimum absolute atomic E-state index is 0.195. The first-order valence-electron chi connectivity index (χ1n) is 7.51. The second-order valence-corrected chi connectivity index (χ2v) is 5.46. The summed E-state index contributed by atoms with van der Waals surface area (Å²) in [6, 6.07) is 22.6. The zero-order valence-electron chi connectivity index (χ0n) is 12.6. The molecule has 4 aromatic rings.